The van der Waals surface area contributed by atoms with Crippen molar-refractivity contribution >= 4 is 10.0 Å². The largest absolute Gasteiger partial charge is 0.310 e. The molecule has 0 unspecified atom stereocenters. The van der Waals surface area contributed by atoms with E-state index in [-0.39, 0.29) is 10.9 Å². The second kappa shape index (κ2) is 5.60. The summed E-state index contributed by atoms with van der Waals surface area (Å²) in [7, 11) is -1.87. The number of H-pyrrole nitrogens is 1. The topological polar surface area (TPSA) is 78.1 Å². The van der Waals surface area contributed by atoms with Gasteiger partial charge in [0.2, 0.25) is 0 Å². The van der Waals surface area contributed by atoms with Crippen molar-refractivity contribution in [2.75, 3.05) is 13.6 Å². The lowest BCUT2D eigenvalue weighted by molar-refractivity contribution is 0.414. The second-order valence-corrected chi connectivity index (χ2v) is 7.54. The summed E-state index contributed by atoms with van der Waals surface area (Å²) >= 11 is 0. The quantitative estimate of drug-likeness (QED) is 0.782. The zero-order chi connectivity index (χ0) is 14.0. The van der Waals surface area contributed by atoms with Crippen LogP contribution in [0.15, 0.2) is 11.2 Å². The van der Waals surface area contributed by atoms with Crippen molar-refractivity contribution in [3.8, 4) is 0 Å². The predicted octanol–water partition coefficient (Wildman–Crippen LogP) is 0.938. The summed E-state index contributed by atoms with van der Waals surface area (Å²) < 4.78 is 26.3. The highest BCUT2D eigenvalue weighted by Crippen LogP contribution is 2.21. The molecule has 19 heavy (non-hydrogen) atoms. The van der Waals surface area contributed by atoms with Crippen molar-refractivity contribution in [3.63, 3.8) is 0 Å². The van der Waals surface area contributed by atoms with Crippen LogP contribution in [0.25, 0.3) is 0 Å². The van der Waals surface area contributed by atoms with E-state index in [0.717, 1.165) is 0 Å². The number of rotatable bonds is 7. The third kappa shape index (κ3) is 3.55. The average molecular weight is 286 g/mol. The summed E-state index contributed by atoms with van der Waals surface area (Å²) in [4.78, 5) is 0. The molecule has 1 fully saturated rings. The minimum absolute atomic E-state index is 0.212. The smallest absolute Gasteiger partial charge is 0.260 e. The Morgan fingerprint density at radius 3 is 2.79 bits per heavy atom. The van der Waals surface area contributed by atoms with E-state index < -0.39 is 10.0 Å². The van der Waals surface area contributed by atoms with Crippen LogP contribution >= 0.6 is 0 Å². The molecule has 0 atom stereocenters. The monoisotopic (exact) mass is 286 g/mol. The molecule has 1 aliphatic rings. The Kier molecular flexibility index (Phi) is 4.27. The third-order valence-corrected chi connectivity index (χ3v) is 4.97. The van der Waals surface area contributed by atoms with Crippen LogP contribution in [0.5, 0.6) is 0 Å². The van der Waals surface area contributed by atoms with Gasteiger partial charge in [-0.1, -0.05) is 13.8 Å². The molecule has 1 aromatic rings. The molecule has 1 saturated carbocycles. The number of hydrogen-bond acceptors (Lipinski definition) is 4. The van der Waals surface area contributed by atoms with E-state index >= 15 is 0 Å². The lowest BCUT2D eigenvalue weighted by Gasteiger charge is -2.18. The van der Waals surface area contributed by atoms with Gasteiger partial charge in [0.15, 0.2) is 5.03 Å². The van der Waals surface area contributed by atoms with Gasteiger partial charge in [0.05, 0.1) is 6.20 Å². The maximum Gasteiger partial charge on any atom is 0.260 e. The molecule has 0 aromatic carbocycles. The molecule has 6 nitrogen and oxygen atoms in total. The van der Waals surface area contributed by atoms with Crippen LogP contribution in [-0.2, 0) is 16.6 Å². The average Bonchev–Trinajstić information content (AvgIpc) is 3.02. The summed E-state index contributed by atoms with van der Waals surface area (Å²) in [5.74, 6) is 0.288. The van der Waals surface area contributed by atoms with E-state index in [9.17, 15) is 8.42 Å². The first-order valence-electron chi connectivity index (χ1n) is 6.63. The first-order valence-corrected chi connectivity index (χ1v) is 8.07. The van der Waals surface area contributed by atoms with E-state index in [1.165, 1.54) is 17.1 Å². The van der Waals surface area contributed by atoms with Crippen LogP contribution in [-0.4, -0.2) is 42.6 Å². The Labute approximate surface area is 114 Å². The minimum Gasteiger partial charge on any atom is -0.310 e. The molecule has 2 rings (SSSR count). The molecule has 1 aromatic heterocycles. The molecule has 0 aliphatic heterocycles. The first kappa shape index (κ1) is 14.5. The third-order valence-electron chi connectivity index (χ3n) is 3.13. The van der Waals surface area contributed by atoms with Gasteiger partial charge < -0.3 is 5.32 Å². The molecule has 0 saturated heterocycles. The van der Waals surface area contributed by atoms with Crippen molar-refractivity contribution in [3.05, 3.63) is 11.8 Å². The first-order chi connectivity index (χ1) is 8.91. The molecule has 7 heteroatoms. The van der Waals surface area contributed by atoms with Gasteiger partial charge in [-0.3, -0.25) is 5.10 Å². The molecule has 1 heterocycles. The lowest BCUT2D eigenvalue weighted by atomic mass is 10.2. The van der Waals surface area contributed by atoms with Crippen LogP contribution in [0.1, 0.15) is 32.3 Å². The summed E-state index contributed by atoms with van der Waals surface area (Å²) in [5.41, 5.74) is 0.711. The van der Waals surface area contributed by atoms with E-state index in [0.29, 0.717) is 24.7 Å². The highest BCUT2D eigenvalue weighted by atomic mass is 32.2. The SMILES string of the molecule is CC(C)CN(C)S(=O)(=O)c1[nH]ncc1CNC1CC1. The Bertz CT molecular complexity index is 520. The molecule has 1 aliphatic carbocycles. The molecular formula is C12H22N4O2S. The number of aromatic amines is 1. The number of nitrogens with zero attached hydrogens (tertiary/aromatic N) is 2. The Balaban J connectivity index is 2.12. The van der Waals surface area contributed by atoms with Crippen LogP contribution in [0.4, 0.5) is 0 Å². The fourth-order valence-electron chi connectivity index (χ4n) is 1.96. The second-order valence-electron chi connectivity index (χ2n) is 5.56. The van der Waals surface area contributed by atoms with Crippen LogP contribution in [0, 0.1) is 5.92 Å². The van der Waals surface area contributed by atoms with E-state index in [4.69, 9.17) is 0 Å². The number of aromatic nitrogens is 2. The lowest BCUT2D eigenvalue weighted by Crippen LogP contribution is -2.31. The Morgan fingerprint density at radius 1 is 1.53 bits per heavy atom. The summed E-state index contributed by atoms with van der Waals surface area (Å²) in [6.45, 7) is 5.03. The summed E-state index contributed by atoms with van der Waals surface area (Å²) in [5, 5.41) is 10.0. The van der Waals surface area contributed by atoms with Gasteiger partial charge in [0.25, 0.3) is 10.0 Å². The highest BCUT2D eigenvalue weighted by Gasteiger charge is 2.27. The van der Waals surface area contributed by atoms with E-state index in [2.05, 4.69) is 15.5 Å². The van der Waals surface area contributed by atoms with Crippen LogP contribution < -0.4 is 5.32 Å². The van der Waals surface area contributed by atoms with Gasteiger partial charge >= 0.3 is 0 Å². The predicted molar refractivity (Wildman–Crippen MR) is 73.1 cm³/mol. The molecule has 0 bridgehead atoms. The number of hydrogen-bond donors (Lipinski definition) is 2. The normalized spacial score (nSPS) is 16.5. The van der Waals surface area contributed by atoms with Crippen molar-refractivity contribution in [2.24, 2.45) is 5.92 Å². The van der Waals surface area contributed by atoms with Gasteiger partial charge in [0.1, 0.15) is 0 Å². The van der Waals surface area contributed by atoms with Gasteiger partial charge in [-0.25, -0.2) is 8.42 Å². The molecule has 0 radical (unpaired) electrons. The zero-order valence-corrected chi connectivity index (χ0v) is 12.5. The molecular weight excluding hydrogens is 264 g/mol. The molecule has 108 valence electrons. The van der Waals surface area contributed by atoms with E-state index in [1.807, 2.05) is 13.8 Å². The Morgan fingerprint density at radius 2 is 2.21 bits per heavy atom. The van der Waals surface area contributed by atoms with E-state index in [1.54, 1.807) is 13.2 Å². The molecule has 0 spiro atoms. The van der Waals surface area contributed by atoms with Crippen molar-refractivity contribution in [1.29, 1.82) is 0 Å². The maximum atomic E-state index is 12.4. The molecule has 2 N–H and O–H groups in total. The fourth-order valence-corrected chi connectivity index (χ4v) is 3.39. The van der Waals surface area contributed by atoms with Gasteiger partial charge in [-0.05, 0) is 18.8 Å². The van der Waals surface area contributed by atoms with Gasteiger partial charge in [-0.15, -0.1) is 0 Å². The van der Waals surface area contributed by atoms with Crippen molar-refractivity contribution in [1.82, 2.24) is 19.8 Å². The minimum atomic E-state index is -3.47. The van der Waals surface area contributed by atoms with Crippen molar-refractivity contribution in [2.45, 2.75) is 44.3 Å². The number of nitrogens with one attached hydrogen (secondary N) is 2. The zero-order valence-electron chi connectivity index (χ0n) is 11.7. The summed E-state index contributed by atoms with van der Waals surface area (Å²) in [6, 6.07) is 0.541. The molecule has 0 amide bonds. The maximum absolute atomic E-state index is 12.4. The highest BCUT2D eigenvalue weighted by molar-refractivity contribution is 7.89. The van der Waals surface area contributed by atoms with Gasteiger partial charge in [0, 0.05) is 31.7 Å². The van der Waals surface area contributed by atoms with Crippen molar-refractivity contribution < 1.29 is 8.42 Å². The van der Waals surface area contributed by atoms with Gasteiger partial charge in [-0.2, -0.15) is 9.40 Å². The standard InChI is InChI=1S/C12H22N4O2S/c1-9(2)8-16(3)19(17,18)12-10(7-14-15-12)6-13-11-4-5-11/h7,9,11,13H,4-6,8H2,1-3H3,(H,14,15). The summed E-state index contributed by atoms with van der Waals surface area (Å²) in [6.07, 6.45) is 3.94. The Hall–Kier alpha value is -0.920. The van der Waals surface area contributed by atoms with Crippen LogP contribution in [0.2, 0.25) is 0 Å². The number of sulfonamides is 1. The fraction of sp³-hybridized carbons (Fsp3) is 0.750. The van der Waals surface area contributed by atoms with Crippen LogP contribution in [0.3, 0.4) is 0 Å².